The van der Waals surface area contributed by atoms with Crippen LogP contribution in [0.4, 0.5) is 4.39 Å². The summed E-state index contributed by atoms with van der Waals surface area (Å²) in [5, 5.41) is 0. The smallest absolute Gasteiger partial charge is 0.344 e. The van der Waals surface area contributed by atoms with E-state index in [1.165, 1.54) is 19.1 Å². The van der Waals surface area contributed by atoms with Crippen LogP contribution < -0.4 is 0 Å². The molecule has 0 aliphatic rings. The summed E-state index contributed by atoms with van der Waals surface area (Å²) in [5.41, 5.74) is -1.66. The molecule has 1 aromatic rings. The summed E-state index contributed by atoms with van der Waals surface area (Å²) >= 11 is 0. The Morgan fingerprint density at radius 3 is 2.32 bits per heavy atom. The van der Waals surface area contributed by atoms with Crippen molar-refractivity contribution in [3.8, 4) is 0 Å². The van der Waals surface area contributed by atoms with Crippen molar-refractivity contribution in [3.63, 3.8) is 0 Å². The van der Waals surface area contributed by atoms with Gasteiger partial charge < -0.3 is 4.74 Å². The van der Waals surface area contributed by atoms with E-state index in [0.717, 1.165) is 12.5 Å². The van der Waals surface area contributed by atoms with E-state index in [9.17, 15) is 17.6 Å². The van der Waals surface area contributed by atoms with Crippen LogP contribution in [0.15, 0.2) is 29.2 Å². The van der Waals surface area contributed by atoms with E-state index < -0.39 is 27.2 Å². The fourth-order valence-corrected chi connectivity index (χ4v) is 3.08. The minimum Gasteiger partial charge on any atom is -0.464 e. The minimum absolute atomic E-state index is 0.00290. The van der Waals surface area contributed by atoms with Gasteiger partial charge in [-0.15, -0.1) is 0 Å². The molecule has 0 bridgehead atoms. The van der Waals surface area contributed by atoms with Gasteiger partial charge in [0.05, 0.1) is 17.3 Å². The number of halogens is 1. The van der Waals surface area contributed by atoms with Crippen molar-refractivity contribution in [2.45, 2.75) is 31.3 Å². The number of sulfone groups is 1. The molecular weight excluding hydrogens is 271 g/mol. The topological polar surface area (TPSA) is 60.4 Å². The standard InChI is InChI=1S/C13H17FO4S/c1-4-18-12(15)13(3,14)9-19(16,17)11-7-5-10(2)6-8-11/h5-8H,4,9H2,1-3H3. The number of carbonyl (C=O) groups excluding carboxylic acids is 1. The first-order chi connectivity index (χ1) is 8.69. The second-order valence-corrected chi connectivity index (χ2v) is 6.48. The quantitative estimate of drug-likeness (QED) is 0.778. The van der Waals surface area contributed by atoms with E-state index in [2.05, 4.69) is 4.74 Å². The maximum Gasteiger partial charge on any atom is 0.344 e. The second-order valence-electron chi connectivity index (χ2n) is 4.49. The van der Waals surface area contributed by atoms with Crippen molar-refractivity contribution >= 4 is 15.8 Å². The third kappa shape index (κ3) is 4.02. The molecule has 1 unspecified atom stereocenters. The third-order valence-electron chi connectivity index (χ3n) is 2.54. The van der Waals surface area contributed by atoms with Crippen molar-refractivity contribution in [1.82, 2.24) is 0 Å². The monoisotopic (exact) mass is 288 g/mol. The first kappa shape index (κ1) is 15.6. The Bertz CT molecular complexity index is 547. The SMILES string of the molecule is CCOC(=O)C(C)(F)CS(=O)(=O)c1ccc(C)cc1. The molecule has 106 valence electrons. The van der Waals surface area contributed by atoms with Gasteiger partial charge in [0.15, 0.2) is 9.84 Å². The van der Waals surface area contributed by atoms with Crippen molar-refractivity contribution < 1.29 is 22.3 Å². The first-order valence-electron chi connectivity index (χ1n) is 5.84. The summed E-state index contributed by atoms with van der Waals surface area (Å²) in [5.74, 6) is -2.09. The van der Waals surface area contributed by atoms with Crippen LogP contribution >= 0.6 is 0 Å². The van der Waals surface area contributed by atoms with Crippen LogP contribution in [0, 0.1) is 6.92 Å². The number of ether oxygens (including phenoxy) is 1. The molecule has 4 nitrogen and oxygen atoms in total. The number of aryl methyl sites for hydroxylation is 1. The highest BCUT2D eigenvalue weighted by molar-refractivity contribution is 7.91. The number of hydrogen-bond acceptors (Lipinski definition) is 4. The molecule has 1 rings (SSSR count). The Hall–Kier alpha value is -1.43. The van der Waals surface area contributed by atoms with Gasteiger partial charge in [-0.3, -0.25) is 0 Å². The fraction of sp³-hybridized carbons (Fsp3) is 0.462. The lowest BCUT2D eigenvalue weighted by molar-refractivity contribution is -0.154. The summed E-state index contributed by atoms with van der Waals surface area (Å²) < 4.78 is 42.6. The van der Waals surface area contributed by atoms with Gasteiger partial charge in [0.2, 0.25) is 5.67 Å². The summed E-state index contributed by atoms with van der Waals surface area (Å²) in [6, 6.07) is 6.03. The molecule has 6 heteroatoms. The predicted octanol–water partition coefficient (Wildman–Crippen LogP) is 2.06. The molecule has 0 heterocycles. The molecule has 0 aliphatic heterocycles. The molecule has 0 amide bonds. The molecule has 19 heavy (non-hydrogen) atoms. The number of rotatable bonds is 5. The Kier molecular flexibility index (Phi) is 4.68. The summed E-state index contributed by atoms with van der Waals surface area (Å²) in [6.07, 6.45) is 0. The summed E-state index contributed by atoms with van der Waals surface area (Å²) in [6.45, 7) is 4.26. The molecule has 0 saturated carbocycles. The van der Waals surface area contributed by atoms with Crippen LogP contribution in [-0.4, -0.2) is 32.4 Å². The Labute approximate surface area is 112 Å². The molecular formula is C13H17FO4S. The van der Waals surface area contributed by atoms with E-state index in [1.54, 1.807) is 12.1 Å². The Morgan fingerprint density at radius 2 is 1.84 bits per heavy atom. The van der Waals surface area contributed by atoms with E-state index in [-0.39, 0.29) is 11.5 Å². The van der Waals surface area contributed by atoms with Crippen LogP contribution in [-0.2, 0) is 19.4 Å². The van der Waals surface area contributed by atoms with Crippen molar-refractivity contribution in [3.05, 3.63) is 29.8 Å². The number of carbonyl (C=O) groups is 1. The lowest BCUT2D eigenvalue weighted by atomic mass is 10.2. The van der Waals surface area contributed by atoms with E-state index in [4.69, 9.17) is 0 Å². The van der Waals surface area contributed by atoms with E-state index >= 15 is 0 Å². The molecule has 0 saturated heterocycles. The van der Waals surface area contributed by atoms with Crippen LogP contribution in [0.2, 0.25) is 0 Å². The average Bonchev–Trinajstić information content (AvgIpc) is 2.28. The number of esters is 1. The summed E-state index contributed by atoms with van der Waals surface area (Å²) in [7, 11) is -3.87. The van der Waals surface area contributed by atoms with Gasteiger partial charge in [-0.2, -0.15) is 0 Å². The molecule has 1 atom stereocenters. The van der Waals surface area contributed by atoms with Gasteiger partial charge >= 0.3 is 5.97 Å². The molecule has 0 fully saturated rings. The normalized spacial score (nSPS) is 14.7. The number of alkyl halides is 1. The number of hydrogen-bond donors (Lipinski definition) is 0. The maximum atomic E-state index is 14.1. The van der Waals surface area contributed by atoms with Crippen molar-refractivity contribution in [2.75, 3.05) is 12.4 Å². The highest BCUT2D eigenvalue weighted by Gasteiger charge is 2.40. The highest BCUT2D eigenvalue weighted by atomic mass is 32.2. The van der Waals surface area contributed by atoms with Crippen molar-refractivity contribution in [1.29, 1.82) is 0 Å². The summed E-state index contributed by atoms with van der Waals surface area (Å²) in [4.78, 5) is 11.4. The third-order valence-corrected chi connectivity index (χ3v) is 4.45. The van der Waals surface area contributed by atoms with Gasteiger partial charge in [0.25, 0.3) is 0 Å². The van der Waals surface area contributed by atoms with Gasteiger partial charge in [-0.05, 0) is 32.9 Å². The lowest BCUT2D eigenvalue weighted by Gasteiger charge is -2.18. The first-order valence-corrected chi connectivity index (χ1v) is 7.50. The van der Waals surface area contributed by atoms with Crippen LogP contribution in [0.3, 0.4) is 0 Å². The zero-order valence-corrected chi connectivity index (χ0v) is 12.0. The lowest BCUT2D eigenvalue weighted by Crippen LogP contribution is -2.39. The molecule has 0 spiro atoms. The predicted molar refractivity (Wildman–Crippen MR) is 69.4 cm³/mol. The molecule has 0 aromatic heterocycles. The molecule has 1 aromatic carbocycles. The van der Waals surface area contributed by atoms with Gasteiger partial charge in [-0.25, -0.2) is 17.6 Å². The highest BCUT2D eigenvalue weighted by Crippen LogP contribution is 2.21. The van der Waals surface area contributed by atoms with Crippen LogP contribution in [0.1, 0.15) is 19.4 Å². The van der Waals surface area contributed by atoms with E-state index in [1.807, 2.05) is 6.92 Å². The van der Waals surface area contributed by atoms with E-state index in [0.29, 0.717) is 0 Å². The Balaban J connectivity index is 2.96. The van der Waals surface area contributed by atoms with Crippen LogP contribution in [0.5, 0.6) is 0 Å². The zero-order valence-electron chi connectivity index (χ0n) is 11.1. The minimum atomic E-state index is -3.87. The molecule has 0 radical (unpaired) electrons. The van der Waals surface area contributed by atoms with Gasteiger partial charge in [-0.1, -0.05) is 17.7 Å². The maximum absolute atomic E-state index is 14.1. The fourth-order valence-electron chi connectivity index (χ4n) is 1.53. The van der Waals surface area contributed by atoms with Crippen molar-refractivity contribution in [2.24, 2.45) is 0 Å². The largest absolute Gasteiger partial charge is 0.464 e. The molecule has 0 N–H and O–H groups in total. The average molecular weight is 288 g/mol. The van der Waals surface area contributed by atoms with Crippen LogP contribution in [0.25, 0.3) is 0 Å². The van der Waals surface area contributed by atoms with Gasteiger partial charge in [0, 0.05) is 0 Å². The second kappa shape index (κ2) is 5.69. The zero-order chi connectivity index (χ0) is 14.7. The van der Waals surface area contributed by atoms with Gasteiger partial charge in [0.1, 0.15) is 0 Å². The Morgan fingerprint density at radius 1 is 1.32 bits per heavy atom. The molecule has 0 aliphatic carbocycles. The number of benzene rings is 1.